The van der Waals surface area contributed by atoms with Crippen molar-refractivity contribution in [2.24, 2.45) is 22.4 Å². The van der Waals surface area contributed by atoms with Crippen molar-refractivity contribution < 1.29 is 0 Å². The summed E-state index contributed by atoms with van der Waals surface area (Å²) >= 11 is 0. The molecule has 1 rings (SSSR count). The van der Waals surface area contributed by atoms with Crippen LogP contribution in [0.1, 0.15) is 6.92 Å². The SMILES string of the molecule is CC1CN(C(=N)N=C(N)N)CC1N(C)C. The van der Waals surface area contributed by atoms with E-state index in [4.69, 9.17) is 16.9 Å². The Balaban J connectivity index is 2.62. The van der Waals surface area contributed by atoms with E-state index in [-0.39, 0.29) is 11.9 Å². The van der Waals surface area contributed by atoms with E-state index < -0.39 is 0 Å². The number of hydrogen-bond donors (Lipinski definition) is 3. The van der Waals surface area contributed by atoms with Crippen LogP contribution in [0.15, 0.2) is 4.99 Å². The second-order valence-electron chi connectivity index (χ2n) is 4.27. The molecule has 6 nitrogen and oxygen atoms in total. The molecule has 86 valence electrons. The fourth-order valence-corrected chi connectivity index (χ4v) is 1.99. The molecule has 0 aromatic carbocycles. The van der Waals surface area contributed by atoms with Crippen LogP contribution in [0.3, 0.4) is 0 Å². The summed E-state index contributed by atoms with van der Waals surface area (Å²) in [5, 5.41) is 7.70. The van der Waals surface area contributed by atoms with Crippen molar-refractivity contribution in [2.45, 2.75) is 13.0 Å². The van der Waals surface area contributed by atoms with Crippen LogP contribution in [-0.4, -0.2) is 54.9 Å². The summed E-state index contributed by atoms with van der Waals surface area (Å²) in [7, 11) is 4.10. The topological polar surface area (TPSA) is 94.7 Å². The molecule has 0 amide bonds. The molecule has 0 aromatic heterocycles. The van der Waals surface area contributed by atoms with Crippen LogP contribution >= 0.6 is 0 Å². The Morgan fingerprint density at radius 2 is 2.00 bits per heavy atom. The van der Waals surface area contributed by atoms with Crippen LogP contribution < -0.4 is 11.5 Å². The molecule has 0 radical (unpaired) electrons. The maximum absolute atomic E-state index is 7.70. The molecule has 6 heteroatoms. The van der Waals surface area contributed by atoms with E-state index in [9.17, 15) is 0 Å². The molecule has 0 aliphatic carbocycles. The van der Waals surface area contributed by atoms with Gasteiger partial charge in [0.1, 0.15) is 0 Å². The predicted molar refractivity (Wildman–Crippen MR) is 61.7 cm³/mol. The zero-order valence-corrected chi connectivity index (χ0v) is 9.57. The van der Waals surface area contributed by atoms with Crippen LogP contribution in [0.4, 0.5) is 0 Å². The first-order valence-electron chi connectivity index (χ1n) is 5.01. The van der Waals surface area contributed by atoms with Gasteiger partial charge in [-0.15, -0.1) is 0 Å². The summed E-state index contributed by atoms with van der Waals surface area (Å²) < 4.78 is 0. The third kappa shape index (κ3) is 2.82. The standard InChI is InChI=1S/C9H20N6/c1-6-4-15(5-7(6)14(2)3)9(12)13-8(10)11/h6-7H,4-5H2,1-3H3,(H5,10,11,12,13). The number of aliphatic imine (C=N–C) groups is 1. The van der Waals surface area contributed by atoms with E-state index in [1.165, 1.54) is 0 Å². The lowest BCUT2D eigenvalue weighted by molar-refractivity contribution is 0.262. The van der Waals surface area contributed by atoms with E-state index in [2.05, 4.69) is 30.9 Å². The molecular formula is C9H20N6. The highest BCUT2D eigenvalue weighted by Gasteiger charge is 2.32. The second-order valence-corrected chi connectivity index (χ2v) is 4.27. The van der Waals surface area contributed by atoms with Crippen molar-refractivity contribution in [3.05, 3.63) is 0 Å². The number of nitrogens with two attached hydrogens (primary N) is 2. The van der Waals surface area contributed by atoms with Gasteiger partial charge in [-0.3, -0.25) is 5.41 Å². The first-order chi connectivity index (χ1) is 6.91. The average molecular weight is 212 g/mol. The molecule has 2 atom stereocenters. The van der Waals surface area contributed by atoms with Gasteiger partial charge in [-0.2, -0.15) is 4.99 Å². The molecule has 1 heterocycles. The number of nitrogens with one attached hydrogen (secondary N) is 1. The number of rotatable bonds is 1. The van der Waals surface area contributed by atoms with Gasteiger partial charge >= 0.3 is 0 Å². The van der Waals surface area contributed by atoms with Crippen molar-refractivity contribution in [1.29, 1.82) is 5.41 Å². The van der Waals surface area contributed by atoms with Gasteiger partial charge < -0.3 is 21.3 Å². The van der Waals surface area contributed by atoms with Gasteiger partial charge in [0.2, 0.25) is 5.96 Å². The zero-order valence-electron chi connectivity index (χ0n) is 9.57. The van der Waals surface area contributed by atoms with Crippen LogP contribution in [-0.2, 0) is 0 Å². The van der Waals surface area contributed by atoms with Gasteiger partial charge in [0, 0.05) is 19.1 Å². The summed E-state index contributed by atoms with van der Waals surface area (Å²) in [4.78, 5) is 7.82. The number of nitrogens with zero attached hydrogens (tertiary/aromatic N) is 3. The summed E-state index contributed by atoms with van der Waals surface area (Å²) in [6.45, 7) is 3.82. The van der Waals surface area contributed by atoms with Crippen LogP contribution in [0.2, 0.25) is 0 Å². The lowest BCUT2D eigenvalue weighted by Crippen LogP contribution is -2.36. The van der Waals surface area contributed by atoms with E-state index in [0.717, 1.165) is 13.1 Å². The van der Waals surface area contributed by atoms with Gasteiger partial charge in [0.05, 0.1) is 0 Å². The average Bonchev–Trinajstić information content (AvgIpc) is 2.46. The normalized spacial score (nSPS) is 25.7. The molecule has 1 fully saturated rings. The first kappa shape index (κ1) is 11.8. The molecule has 1 saturated heterocycles. The van der Waals surface area contributed by atoms with Crippen LogP contribution in [0.25, 0.3) is 0 Å². The molecule has 0 bridgehead atoms. The second kappa shape index (κ2) is 4.48. The zero-order chi connectivity index (χ0) is 11.6. The molecular weight excluding hydrogens is 192 g/mol. The Morgan fingerprint density at radius 3 is 2.40 bits per heavy atom. The van der Waals surface area contributed by atoms with Gasteiger partial charge in [-0.1, -0.05) is 6.92 Å². The lowest BCUT2D eigenvalue weighted by atomic mass is 10.1. The van der Waals surface area contributed by atoms with E-state index in [1.807, 2.05) is 4.90 Å². The summed E-state index contributed by atoms with van der Waals surface area (Å²) in [6, 6.07) is 0.458. The van der Waals surface area contributed by atoms with Crippen LogP contribution in [0, 0.1) is 11.3 Å². The summed E-state index contributed by atoms with van der Waals surface area (Å²) in [5.41, 5.74) is 10.5. The molecule has 0 aromatic rings. The quantitative estimate of drug-likeness (QED) is 0.387. The molecule has 2 unspecified atom stereocenters. The van der Waals surface area contributed by atoms with Crippen molar-refractivity contribution >= 4 is 11.9 Å². The first-order valence-corrected chi connectivity index (χ1v) is 5.01. The Bertz CT molecular complexity index is 268. The fourth-order valence-electron chi connectivity index (χ4n) is 1.99. The highest BCUT2D eigenvalue weighted by atomic mass is 15.3. The molecule has 1 aliphatic rings. The Hall–Kier alpha value is -1.30. The number of guanidine groups is 2. The third-order valence-corrected chi connectivity index (χ3v) is 2.77. The molecule has 15 heavy (non-hydrogen) atoms. The largest absolute Gasteiger partial charge is 0.370 e. The Labute approximate surface area is 90.4 Å². The van der Waals surface area contributed by atoms with Gasteiger partial charge in [-0.25, -0.2) is 0 Å². The number of likely N-dealkylation sites (N-methyl/N-ethyl adjacent to an activating group) is 1. The lowest BCUT2D eigenvalue weighted by Gasteiger charge is -2.22. The van der Waals surface area contributed by atoms with Crippen molar-refractivity contribution in [3.63, 3.8) is 0 Å². The highest BCUT2D eigenvalue weighted by molar-refractivity contribution is 5.91. The van der Waals surface area contributed by atoms with Crippen molar-refractivity contribution in [3.8, 4) is 0 Å². The summed E-state index contributed by atoms with van der Waals surface area (Å²) in [6.07, 6.45) is 0. The maximum atomic E-state index is 7.70. The minimum absolute atomic E-state index is 0.0547. The van der Waals surface area contributed by atoms with Crippen molar-refractivity contribution in [2.75, 3.05) is 27.2 Å². The Morgan fingerprint density at radius 1 is 1.40 bits per heavy atom. The van der Waals surface area contributed by atoms with E-state index in [1.54, 1.807) is 0 Å². The summed E-state index contributed by atoms with van der Waals surface area (Å²) in [5.74, 6) is 0.627. The maximum Gasteiger partial charge on any atom is 0.221 e. The smallest absolute Gasteiger partial charge is 0.221 e. The minimum Gasteiger partial charge on any atom is -0.370 e. The monoisotopic (exact) mass is 212 g/mol. The highest BCUT2D eigenvalue weighted by Crippen LogP contribution is 2.20. The van der Waals surface area contributed by atoms with E-state index >= 15 is 0 Å². The predicted octanol–water partition coefficient (Wildman–Crippen LogP) is -0.924. The third-order valence-electron chi connectivity index (χ3n) is 2.77. The van der Waals surface area contributed by atoms with Gasteiger partial charge in [0.25, 0.3) is 0 Å². The number of likely N-dealkylation sites (tertiary alicyclic amines) is 1. The van der Waals surface area contributed by atoms with Gasteiger partial charge in [0.15, 0.2) is 5.96 Å². The van der Waals surface area contributed by atoms with Gasteiger partial charge in [-0.05, 0) is 20.0 Å². The molecule has 0 spiro atoms. The number of hydrogen-bond acceptors (Lipinski definition) is 2. The minimum atomic E-state index is -0.0547. The molecule has 0 saturated carbocycles. The van der Waals surface area contributed by atoms with Crippen LogP contribution in [0.5, 0.6) is 0 Å². The molecule has 1 aliphatic heterocycles. The molecule has 5 N–H and O–H groups in total. The van der Waals surface area contributed by atoms with Crippen molar-refractivity contribution in [1.82, 2.24) is 9.80 Å². The fraction of sp³-hybridized carbons (Fsp3) is 0.778. The van der Waals surface area contributed by atoms with E-state index in [0.29, 0.717) is 12.0 Å². The Kier molecular flexibility index (Phi) is 3.52.